The van der Waals surface area contributed by atoms with Crippen LogP contribution >= 0.6 is 11.8 Å². The zero-order valence-electron chi connectivity index (χ0n) is 14.3. The summed E-state index contributed by atoms with van der Waals surface area (Å²) in [6.45, 7) is 5.72. The Morgan fingerprint density at radius 3 is 2.88 bits per heavy atom. The van der Waals surface area contributed by atoms with Crippen molar-refractivity contribution in [2.45, 2.75) is 38.5 Å². The van der Waals surface area contributed by atoms with Crippen molar-refractivity contribution in [3.63, 3.8) is 0 Å². The summed E-state index contributed by atoms with van der Waals surface area (Å²) < 4.78 is 5.69. The van der Waals surface area contributed by atoms with E-state index in [1.54, 1.807) is 0 Å². The van der Waals surface area contributed by atoms with E-state index in [1.165, 1.54) is 17.1 Å². The fourth-order valence-corrected chi connectivity index (χ4v) is 4.18. The standard InChI is InChI=1S/C18H27N3O2S/c1-13-2-3-14(12-21-6-8-24-9-7-21)10-16(13)20-18(22)17-5-4-15(11-19)23-17/h2-3,10,15,17H,4-9,11-12,19H2,1H3,(H,20,22)/t15-,17+/m1/s1. The first-order chi connectivity index (χ1) is 11.7. The van der Waals surface area contributed by atoms with Crippen molar-refractivity contribution in [3.8, 4) is 0 Å². The van der Waals surface area contributed by atoms with Gasteiger partial charge >= 0.3 is 0 Å². The van der Waals surface area contributed by atoms with Crippen molar-refractivity contribution in [2.75, 3.05) is 36.5 Å². The van der Waals surface area contributed by atoms with Crippen LogP contribution in [0.5, 0.6) is 0 Å². The average Bonchev–Trinajstić information content (AvgIpc) is 3.08. The summed E-state index contributed by atoms with van der Waals surface area (Å²) in [7, 11) is 0. The molecule has 0 aromatic heterocycles. The highest BCUT2D eigenvalue weighted by Gasteiger charge is 2.30. The predicted molar refractivity (Wildman–Crippen MR) is 99.4 cm³/mol. The quantitative estimate of drug-likeness (QED) is 0.851. The third kappa shape index (κ3) is 4.51. The van der Waals surface area contributed by atoms with Gasteiger partial charge in [0.05, 0.1) is 6.10 Å². The Morgan fingerprint density at radius 1 is 1.38 bits per heavy atom. The molecule has 1 aromatic rings. The monoisotopic (exact) mass is 349 g/mol. The molecule has 0 unspecified atom stereocenters. The number of aryl methyl sites for hydroxylation is 1. The minimum absolute atomic E-state index is 0.0187. The van der Waals surface area contributed by atoms with Crippen molar-refractivity contribution in [1.82, 2.24) is 4.90 Å². The molecule has 5 nitrogen and oxygen atoms in total. The van der Waals surface area contributed by atoms with Crippen molar-refractivity contribution >= 4 is 23.4 Å². The van der Waals surface area contributed by atoms with Gasteiger partial charge in [0.1, 0.15) is 6.10 Å². The van der Waals surface area contributed by atoms with Crippen LogP contribution < -0.4 is 11.1 Å². The van der Waals surface area contributed by atoms with Gasteiger partial charge in [0.2, 0.25) is 0 Å². The number of ether oxygens (including phenoxy) is 1. The summed E-state index contributed by atoms with van der Waals surface area (Å²) in [6, 6.07) is 6.34. The van der Waals surface area contributed by atoms with Gasteiger partial charge in [-0.2, -0.15) is 11.8 Å². The van der Waals surface area contributed by atoms with Gasteiger partial charge in [0.25, 0.3) is 5.91 Å². The smallest absolute Gasteiger partial charge is 0.253 e. The van der Waals surface area contributed by atoms with Crippen LogP contribution in [0.15, 0.2) is 18.2 Å². The highest BCUT2D eigenvalue weighted by Crippen LogP contribution is 2.23. The molecule has 0 saturated carbocycles. The zero-order chi connectivity index (χ0) is 16.9. The van der Waals surface area contributed by atoms with Crippen LogP contribution in [0.25, 0.3) is 0 Å². The summed E-state index contributed by atoms with van der Waals surface area (Å²) in [4.78, 5) is 14.9. The number of hydrogen-bond acceptors (Lipinski definition) is 5. The molecule has 1 aromatic carbocycles. The molecule has 0 radical (unpaired) electrons. The minimum Gasteiger partial charge on any atom is -0.364 e. The van der Waals surface area contributed by atoms with Gasteiger partial charge in [-0.1, -0.05) is 12.1 Å². The first kappa shape index (κ1) is 17.7. The molecule has 132 valence electrons. The number of anilines is 1. The maximum absolute atomic E-state index is 12.4. The molecule has 2 aliphatic heterocycles. The molecule has 6 heteroatoms. The normalized spacial score (nSPS) is 24.9. The lowest BCUT2D eigenvalue weighted by Gasteiger charge is -2.26. The van der Waals surface area contributed by atoms with Crippen molar-refractivity contribution in [2.24, 2.45) is 5.73 Å². The van der Waals surface area contributed by atoms with Gasteiger partial charge in [0, 0.05) is 43.4 Å². The van der Waals surface area contributed by atoms with E-state index >= 15 is 0 Å². The summed E-state index contributed by atoms with van der Waals surface area (Å²) in [6.07, 6.45) is 1.25. The zero-order valence-corrected chi connectivity index (χ0v) is 15.1. The van der Waals surface area contributed by atoms with Crippen LogP contribution in [0.3, 0.4) is 0 Å². The lowest BCUT2D eigenvalue weighted by Crippen LogP contribution is -2.32. The van der Waals surface area contributed by atoms with Crippen molar-refractivity contribution in [1.29, 1.82) is 0 Å². The molecule has 0 spiro atoms. The Hall–Kier alpha value is -1.08. The van der Waals surface area contributed by atoms with Crippen molar-refractivity contribution in [3.05, 3.63) is 29.3 Å². The molecule has 2 saturated heterocycles. The van der Waals surface area contributed by atoms with Crippen LogP contribution in [-0.4, -0.2) is 54.2 Å². The number of carbonyl (C=O) groups is 1. The van der Waals surface area contributed by atoms with E-state index < -0.39 is 0 Å². The fourth-order valence-electron chi connectivity index (χ4n) is 3.20. The number of rotatable bonds is 5. The number of benzene rings is 1. The van der Waals surface area contributed by atoms with E-state index in [2.05, 4.69) is 28.4 Å². The molecule has 0 aliphatic carbocycles. The number of thioether (sulfide) groups is 1. The van der Waals surface area contributed by atoms with E-state index in [0.29, 0.717) is 6.54 Å². The Morgan fingerprint density at radius 2 is 2.17 bits per heavy atom. The highest BCUT2D eigenvalue weighted by atomic mass is 32.2. The molecule has 2 heterocycles. The van der Waals surface area contributed by atoms with Gasteiger partial charge in [0.15, 0.2) is 0 Å². The first-order valence-corrected chi connectivity index (χ1v) is 9.87. The van der Waals surface area contributed by atoms with Gasteiger partial charge in [-0.3, -0.25) is 9.69 Å². The van der Waals surface area contributed by atoms with Gasteiger partial charge < -0.3 is 15.8 Å². The molecule has 2 aliphatic rings. The molecule has 1 amide bonds. The van der Waals surface area contributed by atoms with E-state index in [0.717, 1.165) is 43.7 Å². The number of nitrogens with one attached hydrogen (secondary N) is 1. The summed E-state index contributed by atoms with van der Waals surface area (Å²) >= 11 is 2.02. The van der Waals surface area contributed by atoms with Gasteiger partial charge in [-0.25, -0.2) is 0 Å². The van der Waals surface area contributed by atoms with Crippen LogP contribution in [0, 0.1) is 6.92 Å². The van der Waals surface area contributed by atoms with Crippen LogP contribution in [0.4, 0.5) is 5.69 Å². The first-order valence-electron chi connectivity index (χ1n) is 8.71. The maximum Gasteiger partial charge on any atom is 0.253 e. The molecule has 24 heavy (non-hydrogen) atoms. The predicted octanol–water partition coefficient (Wildman–Crippen LogP) is 1.99. The molecule has 0 bridgehead atoms. The number of hydrogen-bond donors (Lipinski definition) is 2. The number of nitrogens with two attached hydrogens (primary N) is 1. The van der Waals surface area contributed by atoms with E-state index in [4.69, 9.17) is 10.5 Å². The van der Waals surface area contributed by atoms with Crippen molar-refractivity contribution < 1.29 is 9.53 Å². The van der Waals surface area contributed by atoms with Crippen LogP contribution in [-0.2, 0) is 16.1 Å². The fraction of sp³-hybridized carbons (Fsp3) is 0.611. The number of nitrogens with zero attached hydrogens (tertiary/aromatic N) is 1. The second-order valence-electron chi connectivity index (χ2n) is 6.59. The largest absolute Gasteiger partial charge is 0.364 e. The summed E-state index contributed by atoms with van der Waals surface area (Å²) in [5.74, 6) is 2.36. The molecular formula is C18H27N3O2S. The van der Waals surface area contributed by atoms with Crippen LogP contribution in [0.2, 0.25) is 0 Å². The Balaban J connectivity index is 1.62. The molecule has 2 atom stereocenters. The third-order valence-electron chi connectivity index (χ3n) is 4.73. The second kappa shape index (κ2) is 8.34. The second-order valence-corrected chi connectivity index (χ2v) is 7.81. The third-order valence-corrected chi connectivity index (χ3v) is 5.68. The maximum atomic E-state index is 12.4. The minimum atomic E-state index is -0.374. The van der Waals surface area contributed by atoms with Gasteiger partial charge in [-0.15, -0.1) is 0 Å². The van der Waals surface area contributed by atoms with Gasteiger partial charge in [-0.05, 0) is 37.0 Å². The van der Waals surface area contributed by atoms with E-state index in [9.17, 15) is 4.79 Å². The summed E-state index contributed by atoms with van der Waals surface area (Å²) in [5.41, 5.74) is 8.83. The Labute approximate surface area is 148 Å². The number of carbonyl (C=O) groups excluding carboxylic acids is 1. The lowest BCUT2D eigenvalue weighted by atomic mass is 10.1. The number of amides is 1. The molecule has 2 fully saturated rings. The Kier molecular flexibility index (Phi) is 6.16. The van der Waals surface area contributed by atoms with Crippen LogP contribution in [0.1, 0.15) is 24.0 Å². The highest BCUT2D eigenvalue weighted by molar-refractivity contribution is 7.99. The summed E-state index contributed by atoms with van der Waals surface area (Å²) in [5, 5.41) is 3.05. The van der Waals surface area contributed by atoms with E-state index in [1.807, 2.05) is 18.7 Å². The molecular weight excluding hydrogens is 322 g/mol. The SMILES string of the molecule is Cc1ccc(CN2CCSCC2)cc1NC(=O)[C@@H]1CC[C@H](CN)O1. The Bertz CT molecular complexity index is 575. The lowest BCUT2D eigenvalue weighted by molar-refractivity contribution is -0.126. The topological polar surface area (TPSA) is 67.6 Å². The molecule has 3 rings (SSSR count). The van der Waals surface area contributed by atoms with E-state index in [-0.39, 0.29) is 18.1 Å². The average molecular weight is 350 g/mol. The molecule has 3 N–H and O–H groups in total.